The number of carbonyl (C=O) groups is 1. The van der Waals surface area contributed by atoms with E-state index in [1.54, 1.807) is 0 Å². The quantitative estimate of drug-likeness (QED) is 0.678. The smallest absolute Gasteiger partial charge is 0.220 e. The summed E-state index contributed by atoms with van der Waals surface area (Å²) in [6.07, 6.45) is 4.74. The molecule has 3 unspecified atom stereocenters. The normalized spacial score (nSPS) is 25.2. The first-order valence-corrected chi connectivity index (χ1v) is 7.54. The number of hydrogen-bond acceptors (Lipinski definition) is 3. The molecular formula is C15H31ClN2O2. The number of hydrogen-bond donors (Lipinski definition) is 2. The molecule has 3 atom stereocenters. The van der Waals surface area contributed by atoms with Gasteiger partial charge < -0.3 is 15.8 Å². The van der Waals surface area contributed by atoms with Crippen molar-refractivity contribution in [3.63, 3.8) is 0 Å². The van der Waals surface area contributed by atoms with Gasteiger partial charge in [0.1, 0.15) is 0 Å². The Morgan fingerprint density at radius 2 is 2.15 bits per heavy atom. The van der Waals surface area contributed by atoms with Gasteiger partial charge in [-0.1, -0.05) is 27.2 Å². The van der Waals surface area contributed by atoms with Gasteiger partial charge in [0.25, 0.3) is 0 Å². The molecular weight excluding hydrogens is 276 g/mol. The van der Waals surface area contributed by atoms with Crippen LogP contribution in [0.2, 0.25) is 0 Å². The van der Waals surface area contributed by atoms with Crippen molar-refractivity contribution in [3.8, 4) is 0 Å². The van der Waals surface area contributed by atoms with Crippen molar-refractivity contribution < 1.29 is 9.53 Å². The van der Waals surface area contributed by atoms with E-state index in [1.807, 2.05) is 6.92 Å². The maximum absolute atomic E-state index is 11.8. The molecule has 0 radical (unpaired) electrons. The highest BCUT2D eigenvalue weighted by Crippen LogP contribution is 2.42. The van der Waals surface area contributed by atoms with E-state index in [-0.39, 0.29) is 41.9 Å². The number of carbonyl (C=O) groups excluding carboxylic acids is 1. The molecule has 0 bridgehead atoms. The van der Waals surface area contributed by atoms with Crippen molar-refractivity contribution in [1.29, 1.82) is 0 Å². The van der Waals surface area contributed by atoms with E-state index in [1.165, 1.54) is 0 Å². The molecule has 1 rings (SSSR count). The minimum atomic E-state index is 0. The highest BCUT2D eigenvalue weighted by Gasteiger charge is 2.49. The number of ether oxygens (including phenoxy) is 1. The number of amides is 1. The molecule has 120 valence electrons. The maximum Gasteiger partial charge on any atom is 0.220 e. The number of rotatable bonds is 8. The van der Waals surface area contributed by atoms with E-state index < -0.39 is 0 Å². The lowest BCUT2D eigenvalue weighted by Gasteiger charge is -2.51. The summed E-state index contributed by atoms with van der Waals surface area (Å²) in [5.41, 5.74) is 5.70. The van der Waals surface area contributed by atoms with Crippen LogP contribution in [0.15, 0.2) is 0 Å². The van der Waals surface area contributed by atoms with Gasteiger partial charge in [0.15, 0.2) is 0 Å². The molecule has 4 nitrogen and oxygen atoms in total. The fourth-order valence-corrected chi connectivity index (χ4v) is 2.41. The lowest BCUT2D eigenvalue weighted by atomic mass is 9.64. The Morgan fingerprint density at radius 1 is 1.50 bits per heavy atom. The van der Waals surface area contributed by atoms with Crippen LogP contribution in [-0.4, -0.2) is 30.7 Å². The first-order valence-electron chi connectivity index (χ1n) is 7.54. The monoisotopic (exact) mass is 306 g/mol. The van der Waals surface area contributed by atoms with Crippen molar-refractivity contribution in [3.05, 3.63) is 0 Å². The maximum atomic E-state index is 11.8. The molecule has 3 N–H and O–H groups in total. The Labute approximate surface area is 129 Å². The number of halogens is 1. The third-order valence-corrected chi connectivity index (χ3v) is 4.16. The summed E-state index contributed by atoms with van der Waals surface area (Å²) in [4.78, 5) is 11.8. The molecule has 5 heteroatoms. The fraction of sp³-hybridized carbons (Fsp3) is 0.933. The van der Waals surface area contributed by atoms with E-state index in [0.717, 1.165) is 32.3 Å². The van der Waals surface area contributed by atoms with Gasteiger partial charge in [-0.25, -0.2) is 0 Å². The molecule has 1 aliphatic rings. The van der Waals surface area contributed by atoms with E-state index in [9.17, 15) is 4.79 Å². The third kappa shape index (κ3) is 5.58. The zero-order chi connectivity index (χ0) is 14.5. The van der Waals surface area contributed by atoms with E-state index in [2.05, 4.69) is 26.1 Å². The van der Waals surface area contributed by atoms with Gasteiger partial charge in [-0.3, -0.25) is 4.79 Å². The molecule has 0 aromatic rings. The second-order valence-electron chi connectivity index (χ2n) is 6.41. The third-order valence-electron chi connectivity index (χ3n) is 4.16. The largest absolute Gasteiger partial charge is 0.378 e. The number of nitrogens with two attached hydrogens (primary N) is 1. The molecule has 0 aliphatic heterocycles. The first-order chi connectivity index (χ1) is 8.87. The summed E-state index contributed by atoms with van der Waals surface area (Å²) in [7, 11) is 0. The Balaban J connectivity index is 0.00000361. The average Bonchev–Trinajstić information content (AvgIpc) is 2.34. The second kappa shape index (κ2) is 8.85. The van der Waals surface area contributed by atoms with Crippen LogP contribution in [0.25, 0.3) is 0 Å². The van der Waals surface area contributed by atoms with Gasteiger partial charge in [-0.2, -0.15) is 0 Å². The van der Waals surface area contributed by atoms with Gasteiger partial charge in [-0.05, 0) is 26.2 Å². The first kappa shape index (κ1) is 19.7. The van der Waals surface area contributed by atoms with Crippen LogP contribution < -0.4 is 11.1 Å². The minimum Gasteiger partial charge on any atom is -0.378 e. The summed E-state index contributed by atoms with van der Waals surface area (Å²) < 4.78 is 5.87. The Bertz CT molecular complexity index is 296. The summed E-state index contributed by atoms with van der Waals surface area (Å²) in [5.74, 6) is 0.113. The molecule has 0 aromatic carbocycles. The zero-order valence-corrected chi connectivity index (χ0v) is 14.1. The SMILES string of the molecule is CCCCOC1CC(NC(=O)CCC(C)N)C1(C)C.Cl. The van der Waals surface area contributed by atoms with Crippen LogP contribution >= 0.6 is 12.4 Å². The molecule has 0 spiro atoms. The second-order valence-corrected chi connectivity index (χ2v) is 6.41. The van der Waals surface area contributed by atoms with Crippen molar-refractivity contribution in [1.82, 2.24) is 5.32 Å². The fourth-order valence-electron chi connectivity index (χ4n) is 2.41. The highest BCUT2D eigenvalue weighted by atomic mass is 35.5. The molecule has 0 heterocycles. The molecule has 20 heavy (non-hydrogen) atoms. The highest BCUT2D eigenvalue weighted by molar-refractivity contribution is 5.85. The number of unbranched alkanes of at least 4 members (excludes halogenated alkanes) is 1. The summed E-state index contributed by atoms with van der Waals surface area (Å²) in [6, 6.07) is 0.324. The van der Waals surface area contributed by atoms with Crippen LogP contribution in [0, 0.1) is 5.41 Å². The van der Waals surface area contributed by atoms with Crippen LogP contribution in [0.3, 0.4) is 0 Å². The Morgan fingerprint density at radius 3 is 2.65 bits per heavy atom. The van der Waals surface area contributed by atoms with Gasteiger partial charge in [0, 0.05) is 30.5 Å². The Hall–Kier alpha value is -0.320. The van der Waals surface area contributed by atoms with E-state index in [0.29, 0.717) is 6.42 Å². The average molecular weight is 307 g/mol. The van der Waals surface area contributed by atoms with Gasteiger partial charge >= 0.3 is 0 Å². The van der Waals surface area contributed by atoms with Crippen molar-refractivity contribution in [2.75, 3.05) is 6.61 Å². The van der Waals surface area contributed by atoms with E-state index in [4.69, 9.17) is 10.5 Å². The molecule has 1 aliphatic carbocycles. The van der Waals surface area contributed by atoms with Crippen molar-refractivity contribution in [2.24, 2.45) is 11.1 Å². The van der Waals surface area contributed by atoms with E-state index >= 15 is 0 Å². The zero-order valence-electron chi connectivity index (χ0n) is 13.3. The van der Waals surface area contributed by atoms with Crippen LogP contribution in [0.5, 0.6) is 0 Å². The molecule has 0 saturated heterocycles. The Kier molecular flexibility index (Phi) is 8.71. The molecule has 1 fully saturated rings. The lowest BCUT2D eigenvalue weighted by Crippen LogP contribution is -2.62. The summed E-state index contributed by atoms with van der Waals surface area (Å²) in [6.45, 7) is 9.26. The van der Waals surface area contributed by atoms with Crippen LogP contribution in [-0.2, 0) is 9.53 Å². The lowest BCUT2D eigenvalue weighted by molar-refractivity contribution is -0.138. The number of nitrogens with one attached hydrogen (secondary N) is 1. The predicted octanol–water partition coefficient (Wildman–Crippen LogP) is 2.64. The van der Waals surface area contributed by atoms with Crippen LogP contribution in [0.1, 0.15) is 59.8 Å². The van der Waals surface area contributed by atoms with Crippen molar-refractivity contribution >= 4 is 18.3 Å². The minimum absolute atomic E-state index is 0. The van der Waals surface area contributed by atoms with Gasteiger partial charge in [-0.15, -0.1) is 12.4 Å². The van der Waals surface area contributed by atoms with Gasteiger partial charge in [0.2, 0.25) is 5.91 Å². The summed E-state index contributed by atoms with van der Waals surface area (Å²) >= 11 is 0. The predicted molar refractivity (Wildman–Crippen MR) is 85.1 cm³/mol. The van der Waals surface area contributed by atoms with Gasteiger partial charge in [0.05, 0.1) is 6.10 Å². The molecule has 1 saturated carbocycles. The van der Waals surface area contributed by atoms with Crippen LogP contribution in [0.4, 0.5) is 0 Å². The molecule has 1 amide bonds. The standard InChI is InChI=1S/C15H30N2O2.ClH/c1-5-6-9-19-13-10-12(15(13,3)4)17-14(18)8-7-11(2)16;/h11-13H,5-10,16H2,1-4H3,(H,17,18);1H. The summed E-state index contributed by atoms with van der Waals surface area (Å²) in [5, 5.41) is 3.11. The molecule has 0 aromatic heterocycles. The topological polar surface area (TPSA) is 64.3 Å². The van der Waals surface area contributed by atoms with Crippen molar-refractivity contribution in [2.45, 2.75) is 78.0 Å².